The Hall–Kier alpha value is -1.28. The number of hydrogen-bond donors (Lipinski definition) is 0. The van der Waals surface area contributed by atoms with E-state index in [0.717, 1.165) is 0 Å². The topological polar surface area (TPSA) is 57.2 Å². The van der Waals surface area contributed by atoms with Crippen LogP contribution in [-0.4, -0.2) is 59.9 Å². The van der Waals surface area contributed by atoms with Gasteiger partial charge in [-0.25, -0.2) is 17.2 Å². The normalized spacial score (nSPS) is 18.6. The fourth-order valence-electron chi connectivity index (χ4n) is 1.73. The molecule has 0 aromatic carbocycles. The van der Waals surface area contributed by atoms with Gasteiger partial charge >= 0.3 is 47.0 Å². The van der Waals surface area contributed by atoms with E-state index in [1.54, 1.807) is 0 Å². The Balaban J connectivity index is 7.95. The monoisotopic (exact) mass is 499 g/mol. The van der Waals surface area contributed by atoms with Crippen LogP contribution in [0.3, 0.4) is 0 Å². The molecule has 21 heteroatoms. The van der Waals surface area contributed by atoms with Gasteiger partial charge in [0.25, 0.3) is 0 Å². The molecule has 0 radical (unpaired) electrons. The summed E-state index contributed by atoms with van der Waals surface area (Å²) in [5.74, 6) is -18.1. The molecule has 0 aliphatic heterocycles. The Labute approximate surface area is 146 Å². The van der Waals surface area contributed by atoms with E-state index < -0.39 is 57.1 Å². The van der Waals surface area contributed by atoms with Crippen LogP contribution in [0.25, 0.3) is 0 Å². The van der Waals surface area contributed by atoms with Crippen LogP contribution >= 0.6 is 0 Å². The molecular weight excluding hydrogens is 499 g/mol. The van der Waals surface area contributed by atoms with Crippen molar-refractivity contribution < 1.29 is 87.6 Å². The second-order valence-corrected chi connectivity index (χ2v) is 6.35. The molecule has 1 atom stereocenters. The highest BCUT2D eigenvalue weighted by molar-refractivity contribution is 7.86. The third-order valence-corrected chi connectivity index (χ3v) is 4.04. The molecule has 0 aliphatic rings. The van der Waals surface area contributed by atoms with Crippen molar-refractivity contribution in [3.63, 3.8) is 0 Å². The van der Waals surface area contributed by atoms with Crippen LogP contribution in [-0.2, 0) is 10.1 Å². The van der Waals surface area contributed by atoms with Crippen LogP contribution in [0.1, 0.15) is 0 Å². The average molecular weight is 499 g/mol. The molecule has 0 N–H and O–H groups in total. The zero-order chi connectivity index (χ0) is 24.5. The minimum Gasteiger partial charge on any atom is -0.743 e. The highest BCUT2D eigenvalue weighted by Crippen LogP contribution is 2.68. The van der Waals surface area contributed by atoms with Crippen LogP contribution in [0.2, 0.25) is 0 Å². The molecule has 176 valence electrons. The van der Waals surface area contributed by atoms with Gasteiger partial charge in [0.1, 0.15) is 0 Å². The van der Waals surface area contributed by atoms with Gasteiger partial charge in [-0.3, -0.25) is 0 Å². The minimum absolute atomic E-state index is 8.38. The summed E-state index contributed by atoms with van der Waals surface area (Å²) in [6.45, 7) is 0. The summed E-state index contributed by atoms with van der Waals surface area (Å²) in [5.41, 5.74) is -18.7. The largest absolute Gasteiger partial charge is 0.743 e. The molecule has 3 nitrogen and oxygen atoms in total. The highest BCUT2D eigenvalue weighted by atomic mass is 32.2. The number of hydrogen-bond acceptors (Lipinski definition) is 3. The van der Waals surface area contributed by atoms with Gasteiger partial charge in [0.05, 0.1) is 0 Å². The summed E-state index contributed by atoms with van der Waals surface area (Å²) in [6, 6.07) is 0. The Bertz CT molecular complexity index is 713. The highest BCUT2D eigenvalue weighted by Gasteiger charge is 3.01. The van der Waals surface area contributed by atoms with Gasteiger partial charge in [0.2, 0.25) is 0 Å². The molecule has 1 unspecified atom stereocenters. The predicted octanol–water partition coefficient (Wildman–Crippen LogP) is 4.50. The van der Waals surface area contributed by atoms with Gasteiger partial charge in [0.15, 0.2) is 10.1 Å². The van der Waals surface area contributed by atoms with Gasteiger partial charge < -0.3 is 4.55 Å². The first-order chi connectivity index (χ1) is 12.0. The van der Waals surface area contributed by atoms with Crippen molar-refractivity contribution in [2.24, 2.45) is 0 Å². The second kappa shape index (κ2) is 6.36. The van der Waals surface area contributed by atoms with E-state index >= 15 is 0 Å². The predicted molar refractivity (Wildman–Crippen MR) is 50.4 cm³/mol. The molecule has 0 heterocycles. The van der Waals surface area contributed by atoms with E-state index in [1.165, 1.54) is 0 Å². The van der Waals surface area contributed by atoms with Crippen LogP contribution in [0.4, 0.5) is 74.6 Å². The Morgan fingerprint density at radius 3 is 0.897 bits per heavy atom. The Kier molecular flexibility index (Phi) is 6.08. The van der Waals surface area contributed by atoms with E-state index in [1.807, 2.05) is 0 Å². The zero-order valence-electron chi connectivity index (χ0n) is 12.1. The van der Waals surface area contributed by atoms with E-state index in [9.17, 15) is 87.6 Å². The molecule has 0 rings (SSSR count). The fraction of sp³-hybridized carbons (Fsp3) is 1.00. The second-order valence-electron chi connectivity index (χ2n) is 4.93. The molecule has 0 saturated heterocycles. The maximum absolute atomic E-state index is 14.0. The summed E-state index contributed by atoms with van der Waals surface area (Å²) in [6.07, 6.45) is -25.6. The maximum Gasteiger partial charge on any atom is 0.457 e. The van der Waals surface area contributed by atoms with Crippen molar-refractivity contribution in [2.45, 2.75) is 47.0 Å². The van der Waals surface area contributed by atoms with Gasteiger partial charge in [-0.2, -0.15) is 65.9 Å². The molecule has 0 aromatic rings. The quantitative estimate of drug-likeness (QED) is 0.414. The van der Waals surface area contributed by atoms with Crippen LogP contribution in [0.5, 0.6) is 0 Å². The van der Waals surface area contributed by atoms with Crippen molar-refractivity contribution in [3.8, 4) is 0 Å². The summed E-state index contributed by atoms with van der Waals surface area (Å²) < 4.78 is 247. The first kappa shape index (κ1) is 27.7. The molecular formula is C8F17O3S-. The van der Waals surface area contributed by atoms with Gasteiger partial charge in [-0.1, -0.05) is 0 Å². The summed E-state index contributed by atoms with van der Waals surface area (Å²) in [5, 5.41) is -8.38. The molecule has 0 spiro atoms. The molecule has 0 fully saturated rings. The van der Waals surface area contributed by atoms with Crippen molar-refractivity contribution in [1.29, 1.82) is 0 Å². The summed E-state index contributed by atoms with van der Waals surface area (Å²) in [4.78, 5) is 0. The number of alkyl halides is 17. The van der Waals surface area contributed by atoms with E-state index in [4.69, 9.17) is 0 Å². The lowest BCUT2D eigenvalue weighted by molar-refractivity contribution is -0.468. The molecule has 0 bridgehead atoms. The van der Waals surface area contributed by atoms with Gasteiger partial charge in [-0.05, 0) is 0 Å². The van der Waals surface area contributed by atoms with Crippen LogP contribution in [0, 0.1) is 0 Å². The van der Waals surface area contributed by atoms with Crippen LogP contribution in [0.15, 0.2) is 0 Å². The zero-order valence-corrected chi connectivity index (χ0v) is 12.9. The average Bonchev–Trinajstić information content (AvgIpc) is 2.39. The number of halogens is 17. The van der Waals surface area contributed by atoms with E-state index in [2.05, 4.69) is 0 Å². The molecule has 0 saturated carbocycles. The minimum atomic E-state index is -9.50. The SMILES string of the molecule is O=S(=O)([O-])C(F)(F)C(F)(F)C(F)(C(F)(F)C(F)(F)F)C(F)(C(F)(F)F)C(F)(F)F. The lowest BCUT2D eigenvalue weighted by Gasteiger charge is -2.49. The van der Waals surface area contributed by atoms with E-state index in [0.29, 0.717) is 0 Å². The number of rotatable bonds is 5. The Morgan fingerprint density at radius 1 is 0.448 bits per heavy atom. The van der Waals surface area contributed by atoms with Crippen molar-refractivity contribution >= 4 is 10.1 Å². The third kappa shape index (κ3) is 3.26. The van der Waals surface area contributed by atoms with Crippen molar-refractivity contribution in [1.82, 2.24) is 0 Å². The standard InChI is InChI=1S/C8HF17O3S/c9-1(3(11,12)7(21,22)23,2(10,5(15,16)17)6(18,19)20)4(13,14)8(24,25)29(26,27)28/h(H,26,27,28)/p-1. The van der Waals surface area contributed by atoms with Crippen molar-refractivity contribution in [3.05, 3.63) is 0 Å². The Morgan fingerprint density at radius 2 is 0.724 bits per heavy atom. The lowest BCUT2D eigenvalue weighted by Crippen LogP contribution is -2.83. The molecule has 0 aromatic heterocycles. The lowest BCUT2D eigenvalue weighted by atomic mass is 9.74. The first-order valence-corrected chi connectivity index (χ1v) is 7.08. The third-order valence-electron chi connectivity index (χ3n) is 3.16. The van der Waals surface area contributed by atoms with Crippen LogP contribution < -0.4 is 0 Å². The molecule has 0 aliphatic carbocycles. The summed E-state index contributed by atoms with van der Waals surface area (Å²) in [7, 11) is -8.48. The van der Waals surface area contributed by atoms with Crippen molar-refractivity contribution in [2.75, 3.05) is 0 Å². The van der Waals surface area contributed by atoms with Gasteiger partial charge in [-0.15, -0.1) is 0 Å². The van der Waals surface area contributed by atoms with E-state index in [-0.39, 0.29) is 0 Å². The van der Waals surface area contributed by atoms with Gasteiger partial charge in [0, 0.05) is 0 Å². The summed E-state index contributed by atoms with van der Waals surface area (Å²) >= 11 is 0. The first-order valence-electron chi connectivity index (χ1n) is 5.67. The fourth-order valence-corrected chi connectivity index (χ4v) is 2.19. The molecule has 29 heavy (non-hydrogen) atoms. The maximum atomic E-state index is 14.0. The molecule has 0 amide bonds. The smallest absolute Gasteiger partial charge is 0.457 e.